The van der Waals surface area contributed by atoms with Crippen molar-refractivity contribution < 1.29 is 9.53 Å². The molecule has 95 valence electrons. The van der Waals surface area contributed by atoms with Crippen LogP contribution in [-0.4, -0.2) is 12.5 Å². The van der Waals surface area contributed by atoms with E-state index in [1.54, 1.807) is 18.2 Å². The van der Waals surface area contributed by atoms with Crippen molar-refractivity contribution in [3.63, 3.8) is 0 Å². The van der Waals surface area contributed by atoms with Crippen molar-refractivity contribution in [1.82, 2.24) is 5.32 Å². The number of nitrogens with two attached hydrogens (primary N) is 1. The molecule has 1 radical (unpaired) electrons. The van der Waals surface area contributed by atoms with Crippen LogP contribution in [0.15, 0.2) is 18.2 Å². The van der Waals surface area contributed by atoms with Gasteiger partial charge in [-0.05, 0) is 24.6 Å². The first-order chi connectivity index (χ1) is 8.69. The molecule has 0 aromatic heterocycles. The van der Waals surface area contributed by atoms with Crippen LogP contribution in [0.3, 0.4) is 0 Å². The summed E-state index contributed by atoms with van der Waals surface area (Å²) in [7, 11) is 0. The van der Waals surface area contributed by atoms with E-state index in [1.165, 1.54) is 6.61 Å². The van der Waals surface area contributed by atoms with Gasteiger partial charge in [-0.2, -0.15) is 0 Å². The zero-order valence-corrected chi connectivity index (χ0v) is 10.4. The molecule has 1 amide bonds. The predicted octanol–water partition coefficient (Wildman–Crippen LogP) is 1.97. The van der Waals surface area contributed by atoms with Crippen molar-refractivity contribution in [3.05, 3.63) is 30.4 Å². The van der Waals surface area contributed by atoms with Gasteiger partial charge < -0.3 is 15.8 Å². The van der Waals surface area contributed by atoms with Crippen LogP contribution in [0.4, 0.5) is 5.69 Å². The Morgan fingerprint density at radius 1 is 1.61 bits per heavy atom. The highest BCUT2D eigenvalue weighted by molar-refractivity contribution is 5.97. The summed E-state index contributed by atoms with van der Waals surface area (Å²) in [4.78, 5) is 11.9. The summed E-state index contributed by atoms with van der Waals surface area (Å²) in [5, 5.41) is 2.80. The number of unbranched alkanes of at least 4 members (excludes halogenated alkanes) is 1. The topological polar surface area (TPSA) is 64.3 Å². The molecule has 0 spiro atoms. The van der Waals surface area contributed by atoms with Crippen LogP contribution in [0.25, 0.3) is 0 Å². The largest absolute Gasteiger partial charge is 0.472 e. The fraction of sp³-hybridized carbons (Fsp3) is 0.286. The number of carbonyl (C=O) groups excluding carboxylic acids is 1. The molecule has 0 aliphatic rings. The van der Waals surface area contributed by atoms with E-state index in [-0.39, 0.29) is 5.91 Å². The van der Waals surface area contributed by atoms with Crippen LogP contribution in [0, 0.1) is 19.0 Å². The smallest absolute Gasteiger partial charge is 0.255 e. The summed E-state index contributed by atoms with van der Waals surface area (Å²) in [6.45, 7) is 3.87. The summed E-state index contributed by atoms with van der Waals surface area (Å²) < 4.78 is 5.19. The Bertz CT molecular complexity index is 450. The molecular weight excluding hydrogens is 228 g/mol. The van der Waals surface area contributed by atoms with Crippen LogP contribution in [0.5, 0.6) is 5.75 Å². The van der Waals surface area contributed by atoms with E-state index in [1.807, 2.05) is 0 Å². The lowest BCUT2D eigenvalue weighted by Crippen LogP contribution is -2.25. The monoisotopic (exact) mass is 245 g/mol. The number of hydrogen-bond acceptors (Lipinski definition) is 3. The van der Waals surface area contributed by atoms with Gasteiger partial charge in [0, 0.05) is 12.2 Å². The molecular formula is C14H17N2O2. The summed E-state index contributed by atoms with van der Waals surface area (Å²) >= 11 is 0. The number of anilines is 1. The maximum atomic E-state index is 11.9. The van der Waals surface area contributed by atoms with Crippen LogP contribution in [-0.2, 0) is 0 Å². The average Bonchev–Trinajstić information content (AvgIpc) is 2.37. The molecule has 0 saturated carbocycles. The van der Waals surface area contributed by atoms with Gasteiger partial charge in [0.2, 0.25) is 6.61 Å². The van der Waals surface area contributed by atoms with Gasteiger partial charge in [-0.15, -0.1) is 6.42 Å². The maximum absolute atomic E-state index is 11.9. The van der Waals surface area contributed by atoms with Crippen LogP contribution < -0.4 is 15.8 Å². The average molecular weight is 245 g/mol. The molecule has 18 heavy (non-hydrogen) atoms. The number of rotatable bonds is 6. The summed E-state index contributed by atoms with van der Waals surface area (Å²) in [5.41, 5.74) is 6.55. The second-order valence-electron chi connectivity index (χ2n) is 3.77. The molecule has 4 nitrogen and oxygen atoms in total. The number of nitrogens with one attached hydrogen (secondary N) is 1. The van der Waals surface area contributed by atoms with Crippen LogP contribution in [0.2, 0.25) is 0 Å². The quantitative estimate of drug-likeness (QED) is 0.457. The molecule has 4 heteroatoms. The lowest BCUT2D eigenvalue weighted by Gasteiger charge is -2.10. The maximum Gasteiger partial charge on any atom is 0.255 e. The number of ether oxygens (including phenoxy) is 1. The van der Waals surface area contributed by atoms with Gasteiger partial charge in [-0.1, -0.05) is 19.3 Å². The number of benzene rings is 1. The van der Waals surface area contributed by atoms with Gasteiger partial charge >= 0.3 is 0 Å². The van der Waals surface area contributed by atoms with Gasteiger partial charge in [-0.25, -0.2) is 0 Å². The summed E-state index contributed by atoms with van der Waals surface area (Å²) in [5.74, 6) is 2.43. The molecule has 0 aliphatic carbocycles. The van der Waals surface area contributed by atoms with Gasteiger partial charge in [0.25, 0.3) is 5.91 Å². The molecule has 0 aliphatic heterocycles. The Morgan fingerprint density at radius 3 is 3.06 bits per heavy atom. The Kier molecular flexibility index (Phi) is 5.59. The lowest BCUT2D eigenvalue weighted by atomic mass is 10.1. The van der Waals surface area contributed by atoms with Gasteiger partial charge in [0.05, 0.1) is 5.56 Å². The number of nitrogen functional groups attached to an aromatic ring is 1. The molecule has 0 fully saturated rings. The minimum atomic E-state index is -0.212. The molecule has 3 N–H and O–H groups in total. The van der Waals surface area contributed by atoms with E-state index in [2.05, 4.69) is 18.2 Å². The zero-order valence-electron chi connectivity index (χ0n) is 10.4. The fourth-order valence-electron chi connectivity index (χ4n) is 1.40. The SMILES string of the molecule is C#C[CH]Oc1ccc(N)cc1C(=O)NCCCC. The molecule has 0 bridgehead atoms. The van der Waals surface area contributed by atoms with Crippen molar-refractivity contribution >= 4 is 11.6 Å². The first-order valence-electron chi connectivity index (χ1n) is 5.81. The van der Waals surface area contributed by atoms with Crippen LogP contribution >= 0.6 is 0 Å². The minimum Gasteiger partial charge on any atom is -0.472 e. The Morgan fingerprint density at radius 2 is 2.39 bits per heavy atom. The first kappa shape index (κ1) is 13.9. The van der Waals surface area contributed by atoms with E-state index >= 15 is 0 Å². The van der Waals surface area contributed by atoms with E-state index in [0.29, 0.717) is 23.5 Å². The summed E-state index contributed by atoms with van der Waals surface area (Å²) in [6, 6.07) is 4.85. The van der Waals surface area contributed by atoms with Crippen LogP contribution in [0.1, 0.15) is 30.1 Å². The number of carbonyl (C=O) groups is 1. The van der Waals surface area contributed by atoms with Crippen molar-refractivity contribution in [2.24, 2.45) is 0 Å². The highest BCUT2D eigenvalue weighted by Crippen LogP contribution is 2.21. The van der Waals surface area contributed by atoms with Gasteiger partial charge in [0.1, 0.15) is 5.75 Å². The molecule has 0 heterocycles. The van der Waals surface area contributed by atoms with E-state index in [4.69, 9.17) is 16.9 Å². The Hall–Kier alpha value is -2.15. The third-order valence-corrected chi connectivity index (χ3v) is 2.32. The second kappa shape index (κ2) is 7.23. The first-order valence-corrected chi connectivity index (χ1v) is 5.81. The predicted molar refractivity (Wildman–Crippen MR) is 71.9 cm³/mol. The zero-order chi connectivity index (χ0) is 13.4. The standard InChI is InChI=1S/C14H17N2O2/c1-3-5-8-16-14(17)12-10-11(15)6-7-13(12)18-9-4-2/h2,6-7,9-10H,3,5,8,15H2,1H3,(H,16,17). The molecule has 0 saturated heterocycles. The Balaban J connectivity index is 2.80. The van der Waals surface area contributed by atoms with E-state index < -0.39 is 0 Å². The second-order valence-corrected chi connectivity index (χ2v) is 3.77. The van der Waals surface area contributed by atoms with Crippen molar-refractivity contribution in [3.8, 4) is 18.1 Å². The van der Waals surface area contributed by atoms with Crippen molar-refractivity contribution in [2.75, 3.05) is 12.3 Å². The van der Waals surface area contributed by atoms with Crippen molar-refractivity contribution in [1.29, 1.82) is 0 Å². The molecule has 1 aromatic rings. The third-order valence-electron chi connectivity index (χ3n) is 2.32. The molecule has 0 unspecified atom stereocenters. The third kappa shape index (κ3) is 4.02. The number of terminal acetylenes is 1. The highest BCUT2D eigenvalue weighted by atomic mass is 16.5. The fourth-order valence-corrected chi connectivity index (χ4v) is 1.40. The number of amides is 1. The summed E-state index contributed by atoms with van der Waals surface area (Å²) in [6.07, 6.45) is 7.03. The number of hydrogen-bond donors (Lipinski definition) is 2. The minimum absolute atomic E-state index is 0.212. The van der Waals surface area contributed by atoms with Gasteiger partial charge in [0.15, 0.2) is 0 Å². The van der Waals surface area contributed by atoms with Crippen molar-refractivity contribution in [2.45, 2.75) is 19.8 Å². The van der Waals surface area contributed by atoms with E-state index in [9.17, 15) is 4.79 Å². The molecule has 1 aromatic carbocycles. The highest BCUT2D eigenvalue weighted by Gasteiger charge is 2.12. The normalized spacial score (nSPS) is 9.56. The van der Waals surface area contributed by atoms with E-state index in [0.717, 1.165) is 12.8 Å². The molecule has 1 rings (SSSR count). The lowest BCUT2D eigenvalue weighted by molar-refractivity contribution is 0.0950. The van der Waals surface area contributed by atoms with Gasteiger partial charge in [-0.3, -0.25) is 4.79 Å². The Labute approximate surface area is 108 Å². The molecule has 0 atom stereocenters.